The van der Waals surface area contributed by atoms with E-state index >= 15 is 0 Å². The zero-order chi connectivity index (χ0) is 19.9. The summed E-state index contributed by atoms with van der Waals surface area (Å²) in [6.07, 6.45) is 1.63. The number of amides is 1. The molecule has 0 radical (unpaired) electrons. The Morgan fingerprint density at radius 3 is 2.39 bits per heavy atom. The molecule has 0 unspecified atom stereocenters. The summed E-state index contributed by atoms with van der Waals surface area (Å²) in [4.78, 5) is 31.4. The SMILES string of the molecule is C=CCN(C(=O)COC(=O)c1sc(-c2ccccc2)nc1C)c1ccccc1. The first kappa shape index (κ1) is 19.5. The van der Waals surface area contributed by atoms with E-state index in [2.05, 4.69) is 11.6 Å². The van der Waals surface area contributed by atoms with Gasteiger partial charge in [-0.15, -0.1) is 17.9 Å². The van der Waals surface area contributed by atoms with E-state index in [-0.39, 0.29) is 12.5 Å². The molecule has 3 rings (SSSR count). The highest BCUT2D eigenvalue weighted by molar-refractivity contribution is 7.17. The highest BCUT2D eigenvalue weighted by atomic mass is 32.1. The molecule has 0 spiro atoms. The smallest absolute Gasteiger partial charge is 0.350 e. The average Bonchev–Trinajstić information content (AvgIpc) is 3.13. The van der Waals surface area contributed by atoms with E-state index < -0.39 is 5.97 Å². The molecular formula is C22H20N2O3S. The lowest BCUT2D eigenvalue weighted by molar-refractivity contribution is -0.121. The third-order valence-corrected chi connectivity index (χ3v) is 5.20. The summed E-state index contributed by atoms with van der Waals surface area (Å²) in [5, 5.41) is 0.744. The number of aryl methyl sites for hydroxylation is 1. The van der Waals surface area contributed by atoms with Crippen molar-refractivity contribution in [2.75, 3.05) is 18.1 Å². The Balaban J connectivity index is 1.69. The predicted molar refractivity (Wildman–Crippen MR) is 112 cm³/mol. The predicted octanol–water partition coefficient (Wildman–Crippen LogP) is 4.49. The number of rotatable bonds is 7. The van der Waals surface area contributed by atoms with Crippen LogP contribution in [0.3, 0.4) is 0 Å². The van der Waals surface area contributed by atoms with Gasteiger partial charge in [0.1, 0.15) is 9.88 Å². The topological polar surface area (TPSA) is 59.5 Å². The van der Waals surface area contributed by atoms with E-state index in [4.69, 9.17) is 4.74 Å². The van der Waals surface area contributed by atoms with E-state index in [1.165, 1.54) is 16.2 Å². The molecule has 1 aromatic heterocycles. The number of benzene rings is 2. The molecule has 6 heteroatoms. The minimum atomic E-state index is -0.544. The van der Waals surface area contributed by atoms with E-state index in [0.29, 0.717) is 17.1 Å². The first-order valence-electron chi connectivity index (χ1n) is 8.76. The fraction of sp³-hybridized carbons (Fsp3) is 0.136. The number of carbonyl (C=O) groups excluding carboxylic acids is 2. The van der Waals surface area contributed by atoms with Gasteiger partial charge in [0.15, 0.2) is 6.61 Å². The molecule has 0 aliphatic carbocycles. The van der Waals surface area contributed by atoms with Crippen LogP contribution in [0, 0.1) is 6.92 Å². The molecule has 1 heterocycles. The Morgan fingerprint density at radius 2 is 1.75 bits per heavy atom. The summed E-state index contributed by atoms with van der Waals surface area (Å²) in [6.45, 7) is 5.43. The van der Waals surface area contributed by atoms with Gasteiger partial charge in [0.2, 0.25) is 0 Å². The molecule has 1 amide bonds. The fourth-order valence-electron chi connectivity index (χ4n) is 2.65. The highest BCUT2D eigenvalue weighted by Crippen LogP contribution is 2.28. The molecule has 0 N–H and O–H groups in total. The Labute approximate surface area is 167 Å². The minimum absolute atomic E-state index is 0.315. The lowest BCUT2D eigenvalue weighted by atomic mass is 10.2. The zero-order valence-electron chi connectivity index (χ0n) is 15.5. The number of hydrogen-bond donors (Lipinski definition) is 0. The number of hydrogen-bond acceptors (Lipinski definition) is 5. The Morgan fingerprint density at radius 1 is 1.11 bits per heavy atom. The van der Waals surface area contributed by atoms with Gasteiger partial charge in [-0.25, -0.2) is 9.78 Å². The molecule has 0 saturated heterocycles. The molecule has 28 heavy (non-hydrogen) atoms. The van der Waals surface area contributed by atoms with E-state index in [0.717, 1.165) is 16.3 Å². The molecule has 5 nitrogen and oxygen atoms in total. The second-order valence-electron chi connectivity index (χ2n) is 6.00. The average molecular weight is 392 g/mol. The zero-order valence-corrected chi connectivity index (χ0v) is 16.3. The summed E-state index contributed by atoms with van der Waals surface area (Å²) >= 11 is 1.26. The summed E-state index contributed by atoms with van der Waals surface area (Å²) < 4.78 is 5.27. The van der Waals surface area contributed by atoms with Gasteiger partial charge in [0.25, 0.3) is 5.91 Å². The quantitative estimate of drug-likeness (QED) is 0.439. The molecule has 0 saturated carbocycles. The molecule has 2 aromatic carbocycles. The number of thiazole rings is 1. The van der Waals surface area contributed by atoms with E-state index in [1.54, 1.807) is 13.0 Å². The van der Waals surface area contributed by atoms with E-state index in [9.17, 15) is 9.59 Å². The number of ether oxygens (including phenoxy) is 1. The largest absolute Gasteiger partial charge is 0.451 e. The lowest BCUT2D eigenvalue weighted by Crippen LogP contribution is -2.34. The van der Waals surface area contributed by atoms with Crippen molar-refractivity contribution in [1.82, 2.24) is 4.98 Å². The van der Waals surface area contributed by atoms with Crippen molar-refractivity contribution in [2.45, 2.75) is 6.92 Å². The second kappa shape index (κ2) is 9.10. The first-order chi connectivity index (χ1) is 13.6. The van der Waals surface area contributed by atoms with Crippen LogP contribution in [0.4, 0.5) is 5.69 Å². The Bertz CT molecular complexity index is 968. The van der Waals surface area contributed by atoms with Crippen LogP contribution in [0.15, 0.2) is 73.3 Å². The summed E-state index contributed by atoms with van der Waals surface area (Å²) in [5.41, 5.74) is 2.25. The van der Waals surface area contributed by atoms with Crippen molar-refractivity contribution in [3.05, 3.63) is 83.9 Å². The van der Waals surface area contributed by atoms with Crippen LogP contribution < -0.4 is 4.90 Å². The second-order valence-corrected chi connectivity index (χ2v) is 7.00. The third kappa shape index (κ3) is 4.53. The molecule has 0 fully saturated rings. The Kier molecular flexibility index (Phi) is 6.34. The van der Waals surface area contributed by atoms with Gasteiger partial charge < -0.3 is 9.64 Å². The molecule has 142 valence electrons. The summed E-state index contributed by atoms with van der Waals surface area (Å²) in [7, 11) is 0. The number of anilines is 1. The van der Waals surface area contributed by atoms with Gasteiger partial charge in [-0.3, -0.25) is 4.79 Å². The lowest BCUT2D eigenvalue weighted by Gasteiger charge is -2.21. The van der Waals surface area contributed by atoms with Gasteiger partial charge in [0, 0.05) is 17.8 Å². The number of nitrogens with zero attached hydrogens (tertiary/aromatic N) is 2. The fourth-order valence-corrected chi connectivity index (χ4v) is 3.61. The van der Waals surface area contributed by atoms with Crippen LogP contribution in [0.5, 0.6) is 0 Å². The van der Waals surface area contributed by atoms with Gasteiger partial charge in [-0.05, 0) is 19.1 Å². The third-order valence-electron chi connectivity index (χ3n) is 4.01. The van der Waals surface area contributed by atoms with Crippen LogP contribution in [-0.2, 0) is 9.53 Å². The standard InChI is InChI=1S/C22H20N2O3S/c1-3-14-24(18-12-8-5-9-13-18)19(25)15-27-22(26)20-16(2)23-21(28-20)17-10-6-4-7-11-17/h3-13H,1,14-15H2,2H3. The van der Waals surface area contributed by atoms with Crippen molar-refractivity contribution in [3.8, 4) is 10.6 Å². The minimum Gasteiger partial charge on any atom is -0.451 e. The van der Waals surface area contributed by atoms with Crippen LogP contribution in [0.2, 0.25) is 0 Å². The normalized spacial score (nSPS) is 10.3. The van der Waals surface area contributed by atoms with Gasteiger partial charge in [-0.1, -0.05) is 54.6 Å². The first-order valence-corrected chi connectivity index (χ1v) is 9.58. The highest BCUT2D eigenvalue weighted by Gasteiger charge is 2.21. The van der Waals surface area contributed by atoms with Crippen LogP contribution in [-0.4, -0.2) is 30.0 Å². The molecular weight excluding hydrogens is 372 g/mol. The monoisotopic (exact) mass is 392 g/mol. The summed E-state index contributed by atoms with van der Waals surface area (Å²) in [6, 6.07) is 18.8. The van der Waals surface area contributed by atoms with Gasteiger partial charge in [0.05, 0.1) is 5.69 Å². The Hall–Kier alpha value is -3.25. The van der Waals surface area contributed by atoms with E-state index in [1.807, 2.05) is 60.7 Å². The van der Waals surface area contributed by atoms with Crippen molar-refractivity contribution >= 4 is 28.9 Å². The van der Waals surface area contributed by atoms with Gasteiger partial charge >= 0.3 is 5.97 Å². The molecule has 3 aromatic rings. The van der Waals surface area contributed by atoms with Crippen LogP contribution in [0.1, 0.15) is 15.4 Å². The maximum atomic E-state index is 12.6. The van der Waals surface area contributed by atoms with Crippen molar-refractivity contribution in [3.63, 3.8) is 0 Å². The molecule has 0 atom stereocenters. The maximum Gasteiger partial charge on any atom is 0.350 e. The number of esters is 1. The number of para-hydroxylation sites is 1. The van der Waals surface area contributed by atoms with Gasteiger partial charge in [-0.2, -0.15) is 0 Å². The summed E-state index contributed by atoms with van der Waals surface area (Å²) in [5.74, 6) is -0.859. The number of aromatic nitrogens is 1. The maximum absolute atomic E-state index is 12.6. The molecule has 0 aliphatic heterocycles. The molecule has 0 bridgehead atoms. The van der Waals surface area contributed by atoms with Crippen molar-refractivity contribution in [2.24, 2.45) is 0 Å². The van der Waals surface area contributed by atoms with Crippen molar-refractivity contribution < 1.29 is 14.3 Å². The van der Waals surface area contributed by atoms with Crippen molar-refractivity contribution in [1.29, 1.82) is 0 Å². The van der Waals surface area contributed by atoms with Crippen LogP contribution in [0.25, 0.3) is 10.6 Å². The van der Waals surface area contributed by atoms with Crippen LogP contribution >= 0.6 is 11.3 Å². The number of carbonyl (C=O) groups is 2. The molecule has 0 aliphatic rings.